The molecule has 2 fully saturated rings. The summed E-state index contributed by atoms with van der Waals surface area (Å²) in [6.07, 6.45) is 2.75. The van der Waals surface area contributed by atoms with Gasteiger partial charge in [-0.3, -0.25) is 9.59 Å². The van der Waals surface area contributed by atoms with E-state index in [1.54, 1.807) is 12.1 Å². The van der Waals surface area contributed by atoms with E-state index in [9.17, 15) is 19.5 Å². The first kappa shape index (κ1) is 15.5. The number of nitrogens with zero attached hydrogens (tertiary/aromatic N) is 2. The molecule has 0 saturated carbocycles. The minimum atomic E-state index is -0.944. The Labute approximate surface area is 134 Å². The second-order valence-electron chi connectivity index (χ2n) is 6.11. The van der Waals surface area contributed by atoms with Gasteiger partial charge in [0.25, 0.3) is 5.91 Å². The molecule has 2 aliphatic rings. The van der Waals surface area contributed by atoms with E-state index in [0.717, 1.165) is 24.9 Å². The third-order valence-electron chi connectivity index (χ3n) is 4.54. The number of rotatable bonds is 4. The van der Waals surface area contributed by atoms with E-state index in [1.165, 1.54) is 4.90 Å². The molecular formula is C17H20N2O4. The third-order valence-corrected chi connectivity index (χ3v) is 4.54. The third kappa shape index (κ3) is 3.21. The number of carboxylic acids is 1. The second-order valence-corrected chi connectivity index (χ2v) is 6.11. The number of carboxylic acid groups (broad SMARTS) is 1. The lowest BCUT2D eigenvalue weighted by atomic mass is 10.1. The van der Waals surface area contributed by atoms with Crippen molar-refractivity contribution >= 4 is 17.8 Å². The van der Waals surface area contributed by atoms with Gasteiger partial charge in [-0.25, -0.2) is 4.79 Å². The standard InChI is InChI=1S/C17H20N2O4/c20-15-4-2-9-18(15)11-12-5-7-13(8-6-12)16(21)19-10-1-3-14(19)17(22)23/h5-8,14H,1-4,9-11H2,(H,22,23). The van der Waals surface area contributed by atoms with Crippen molar-refractivity contribution in [2.24, 2.45) is 0 Å². The van der Waals surface area contributed by atoms with E-state index in [-0.39, 0.29) is 11.8 Å². The van der Waals surface area contributed by atoms with Gasteiger partial charge in [0, 0.05) is 31.6 Å². The minimum absolute atomic E-state index is 0.173. The van der Waals surface area contributed by atoms with Gasteiger partial charge in [0.1, 0.15) is 6.04 Å². The highest BCUT2D eigenvalue weighted by atomic mass is 16.4. The largest absolute Gasteiger partial charge is 0.480 e. The smallest absolute Gasteiger partial charge is 0.326 e. The number of hydrogen-bond donors (Lipinski definition) is 1. The van der Waals surface area contributed by atoms with Crippen LogP contribution in [-0.4, -0.2) is 51.8 Å². The van der Waals surface area contributed by atoms with Crippen LogP contribution in [0.2, 0.25) is 0 Å². The van der Waals surface area contributed by atoms with E-state index in [1.807, 2.05) is 17.0 Å². The lowest BCUT2D eigenvalue weighted by Crippen LogP contribution is -2.40. The molecule has 2 aliphatic heterocycles. The zero-order valence-electron chi connectivity index (χ0n) is 12.9. The highest BCUT2D eigenvalue weighted by Gasteiger charge is 2.34. The monoisotopic (exact) mass is 316 g/mol. The molecule has 23 heavy (non-hydrogen) atoms. The zero-order valence-corrected chi connectivity index (χ0v) is 12.9. The number of carbonyl (C=O) groups excluding carboxylic acids is 2. The van der Waals surface area contributed by atoms with Gasteiger partial charge in [0.15, 0.2) is 0 Å². The van der Waals surface area contributed by atoms with Gasteiger partial charge in [-0.15, -0.1) is 0 Å². The van der Waals surface area contributed by atoms with Gasteiger partial charge >= 0.3 is 5.97 Å². The molecule has 0 radical (unpaired) electrons. The van der Waals surface area contributed by atoms with Crippen LogP contribution in [0.5, 0.6) is 0 Å². The molecule has 1 N–H and O–H groups in total. The topological polar surface area (TPSA) is 77.9 Å². The lowest BCUT2D eigenvalue weighted by molar-refractivity contribution is -0.141. The highest BCUT2D eigenvalue weighted by molar-refractivity contribution is 5.97. The highest BCUT2D eigenvalue weighted by Crippen LogP contribution is 2.21. The fraction of sp³-hybridized carbons (Fsp3) is 0.471. The van der Waals surface area contributed by atoms with Crippen molar-refractivity contribution in [2.45, 2.75) is 38.3 Å². The Hall–Kier alpha value is -2.37. The molecule has 6 nitrogen and oxygen atoms in total. The summed E-state index contributed by atoms with van der Waals surface area (Å²) in [7, 11) is 0. The maximum Gasteiger partial charge on any atom is 0.326 e. The molecule has 2 saturated heterocycles. The van der Waals surface area contributed by atoms with E-state index in [0.29, 0.717) is 31.5 Å². The first-order chi connectivity index (χ1) is 11.1. The summed E-state index contributed by atoms with van der Waals surface area (Å²) in [6, 6.07) is 6.39. The summed E-state index contributed by atoms with van der Waals surface area (Å²) in [5, 5.41) is 9.18. The molecule has 0 bridgehead atoms. The summed E-state index contributed by atoms with van der Waals surface area (Å²) in [5.41, 5.74) is 1.47. The van der Waals surface area contributed by atoms with Crippen molar-refractivity contribution in [3.63, 3.8) is 0 Å². The number of aliphatic carboxylic acids is 1. The average Bonchev–Trinajstić information content (AvgIpc) is 3.17. The Morgan fingerprint density at radius 1 is 1.13 bits per heavy atom. The first-order valence-electron chi connectivity index (χ1n) is 7.97. The van der Waals surface area contributed by atoms with Gasteiger partial charge in [0.2, 0.25) is 5.91 Å². The van der Waals surface area contributed by atoms with Crippen LogP contribution in [0.25, 0.3) is 0 Å². The lowest BCUT2D eigenvalue weighted by Gasteiger charge is -2.21. The first-order valence-corrected chi connectivity index (χ1v) is 7.97. The summed E-state index contributed by atoms with van der Waals surface area (Å²) < 4.78 is 0. The number of likely N-dealkylation sites (tertiary alicyclic amines) is 2. The number of benzene rings is 1. The normalized spacial score (nSPS) is 21.0. The van der Waals surface area contributed by atoms with E-state index >= 15 is 0 Å². The summed E-state index contributed by atoms with van der Waals surface area (Å²) in [5.74, 6) is -1.01. The van der Waals surface area contributed by atoms with Crippen molar-refractivity contribution in [2.75, 3.05) is 13.1 Å². The van der Waals surface area contributed by atoms with Gasteiger partial charge < -0.3 is 14.9 Å². The molecule has 1 aromatic rings. The van der Waals surface area contributed by atoms with Crippen molar-refractivity contribution in [1.82, 2.24) is 9.80 Å². The maximum absolute atomic E-state index is 12.5. The van der Waals surface area contributed by atoms with Crippen LogP contribution in [0.4, 0.5) is 0 Å². The summed E-state index contributed by atoms with van der Waals surface area (Å²) in [4.78, 5) is 38.5. The fourth-order valence-corrected chi connectivity index (χ4v) is 3.28. The van der Waals surface area contributed by atoms with E-state index in [4.69, 9.17) is 0 Å². The molecule has 2 amide bonds. The molecule has 6 heteroatoms. The van der Waals surface area contributed by atoms with Gasteiger partial charge in [-0.2, -0.15) is 0 Å². The predicted molar refractivity (Wildman–Crippen MR) is 82.8 cm³/mol. The summed E-state index contributed by atoms with van der Waals surface area (Å²) in [6.45, 7) is 1.84. The molecule has 0 spiro atoms. The molecule has 0 aliphatic carbocycles. The second kappa shape index (κ2) is 6.40. The molecular weight excluding hydrogens is 296 g/mol. The molecule has 0 aromatic heterocycles. The Balaban J connectivity index is 1.68. The predicted octanol–water partition coefficient (Wildman–Crippen LogP) is 1.50. The van der Waals surface area contributed by atoms with Crippen molar-refractivity contribution < 1.29 is 19.5 Å². The Bertz CT molecular complexity index is 626. The van der Waals surface area contributed by atoms with Crippen LogP contribution in [0.1, 0.15) is 41.6 Å². The van der Waals surface area contributed by atoms with Gasteiger partial charge in [0.05, 0.1) is 0 Å². The van der Waals surface area contributed by atoms with Crippen molar-refractivity contribution in [3.8, 4) is 0 Å². The van der Waals surface area contributed by atoms with Gasteiger partial charge in [-0.1, -0.05) is 12.1 Å². The number of carbonyl (C=O) groups is 3. The number of hydrogen-bond acceptors (Lipinski definition) is 3. The van der Waals surface area contributed by atoms with Crippen LogP contribution in [-0.2, 0) is 16.1 Å². The van der Waals surface area contributed by atoms with Crippen molar-refractivity contribution in [1.29, 1.82) is 0 Å². The Morgan fingerprint density at radius 2 is 1.87 bits per heavy atom. The molecule has 3 rings (SSSR count). The Kier molecular flexibility index (Phi) is 4.32. The van der Waals surface area contributed by atoms with Crippen LogP contribution in [0, 0.1) is 0 Å². The molecule has 1 aromatic carbocycles. The minimum Gasteiger partial charge on any atom is -0.480 e. The summed E-state index contributed by atoms with van der Waals surface area (Å²) >= 11 is 0. The van der Waals surface area contributed by atoms with Crippen LogP contribution >= 0.6 is 0 Å². The number of amides is 2. The van der Waals surface area contributed by atoms with Crippen LogP contribution < -0.4 is 0 Å². The maximum atomic E-state index is 12.5. The quantitative estimate of drug-likeness (QED) is 0.913. The molecule has 1 atom stereocenters. The molecule has 2 heterocycles. The van der Waals surface area contributed by atoms with Crippen molar-refractivity contribution in [3.05, 3.63) is 35.4 Å². The van der Waals surface area contributed by atoms with E-state index < -0.39 is 12.0 Å². The van der Waals surface area contributed by atoms with Gasteiger partial charge in [-0.05, 0) is 37.0 Å². The Morgan fingerprint density at radius 3 is 2.48 bits per heavy atom. The average molecular weight is 316 g/mol. The molecule has 122 valence electrons. The molecule has 1 unspecified atom stereocenters. The fourth-order valence-electron chi connectivity index (χ4n) is 3.28. The zero-order chi connectivity index (χ0) is 16.4. The van der Waals surface area contributed by atoms with Crippen LogP contribution in [0.15, 0.2) is 24.3 Å². The van der Waals surface area contributed by atoms with E-state index in [2.05, 4.69) is 0 Å². The van der Waals surface area contributed by atoms with Crippen LogP contribution in [0.3, 0.4) is 0 Å². The SMILES string of the molecule is O=C(O)C1CCCN1C(=O)c1ccc(CN2CCCC2=O)cc1.